The number of carboxylic acids is 1. The first kappa shape index (κ1) is 34.4. The summed E-state index contributed by atoms with van der Waals surface area (Å²) in [5.74, 6) is -1.90. The first-order chi connectivity index (χ1) is 22.7. The summed E-state index contributed by atoms with van der Waals surface area (Å²) in [6.45, 7) is 8.94. The molecule has 10 heteroatoms. The molecule has 0 bridgehead atoms. The van der Waals surface area contributed by atoms with E-state index in [1.54, 1.807) is 27.7 Å². The Morgan fingerprint density at radius 1 is 1.08 bits per heavy atom. The lowest BCUT2D eigenvalue weighted by Crippen LogP contribution is -2.18. The van der Waals surface area contributed by atoms with Crippen LogP contribution in [0.15, 0.2) is 54.6 Å². The van der Waals surface area contributed by atoms with E-state index in [9.17, 15) is 14.7 Å². The third-order valence-corrected chi connectivity index (χ3v) is 9.01. The van der Waals surface area contributed by atoms with E-state index in [1.165, 1.54) is 23.6 Å². The number of carboxylic acid groups (broad SMARTS) is 1. The van der Waals surface area contributed by atoms with Gasteiger partial charge in [0.1, 0.15) is 5.01 Å². The number of anilines is 1. The van der Waals surface area contributed by atoms with Gasteiger partial charge in [-0.05, 0) is 98.3 Å². The van der Waals surface area contributed by atoms with Gasteiger partial charge in [-0.1, -0.05) is 24.3 Å². The molecule has 4 N–H and O–H groups in total. The van der Waals surface area contributed by atoms with Crippen molar-refractivity contribution in [1.82, 2.24) is 4.98 Å². The van der Waals surface area contributed by atoms with Crippen molar-refractivity contribution in [3.63, 3.8) is 0 Å². The molecule has 5 aromatic rings. The van der Waals surface area contributed by atoms with E-state index < -0.39 is 17.4 Å². The molecule has 0 unspecified atom stereocenters. The van der Waals surface area contributed by atoms with Gasteiger partial charge in [0.2, 0.25) is 0 Å². The number of carbonyl (C=O) groups excluding carboxylic acids is 1. The predicted molar refractivity (Wildman–Crippen MR) is 191 cm³/mol. The van der Waals surface area contributed by atoms with Crippen LogP contribution in [-0.4, -0.2) is 52.4 Å². The molecule has 1 aliphatic rings. The number of aliphatic carboxylic acids is 1. The molecule has 8 nitrogen and oxygen atoms in total. The van der Waals surface area contributed by atoms with Crippen LogP contribution in [0.4, 0.5) is 10.1 Å². The average Bonchev–Trinajstić information content (AvgIpc) is 3.45. The van der Waals surface area contributed by atoms with Crippen molar-refractivity contribution in [2.75, 3.05) is 19.0 Å². The standard InChI is InChI=1S/C34H28FN3O4S.C4H10O/c1-17-11-27-33(31(23(17)15-29(40)41)24-14-25(35)32-30(18(24)2)28(39)9-10-42-32)43-34(38-27)21-6-4-5-19(12-21)20-7-8-26(37-3)22(13-20)16-36;1-4(2,3)5/h4-8,11-14,16,36-37H,9-10,15H2,1-3H3,(H,40,41);5H,1-3H3. The Bertz CT molecular complexity index is 2070. The van der Waals surface area contributed by atoms with Crippen molar-refractivity contribution in [3.05, 3.63) is 88.2 Å². The minimum absolute atomic E-state index is 0.0445. The zero-order chi connectivity index (χ0) is 34.9. The van der Waals surface area contributed by atoms with Crippen LogP contribution < -0.4 is 10.1 Å². The van der Waals surface area contributed by atoms with Gasteiger partial charge in [0.15, 0.2) is 17.3 Å². The van der Waals surface area contributed by atoms with Gasteiger partial charge in [-0.3, -0.25) is 9.59 Å². The number of ether oxygens (including phenoxy) is 1. The first-order valence-electron chi connectivity index (χ1n) is 15.5. The Kier molecular flexibility index (Phi) is 9.79. The number of thiazole rings is 1. The van der Waals surface area contributed by atoms with Gasteiger partial charge >= 0.3 is 5.97 Å². The van der Waals surface area contributed by atoms with Crippen LogP contribution in [0.3, 0.4) is 0 Å². The van der Waals surface area contributed by atoms with Gasteiger partial charge in [0, 0.05) is 42.1 Å². The molecule has 1 aliphatic heterocycles. The molecule has 0 aliphatic carbocycles. The Morgan fingerprint density at radius 3 is 2.44 bits per heavy atom. The quantitative estimate of drug-likeness (QED) is 0.128. The molecule has 0 fully saturated rings. The van der Waals surface area contributed by atoms with E-state index in [-0.39, 0.29) is 36.5 Å². The molecule has 4 aromatic carbocycles. The molecule has 0 spiro atoms. The number of aromatic nitrogens is 1. The van der Waals surface area contributed by atoms with Gasteiger partial charge in [0.25, 0.3) is 0 Å². The number of Topliss-reactive ketones (excluding diaryl/α,β-unsaturated/α-hetero) is 1. The van der Waals surface area contributed by atoms with E-state index in [4.69, 9.17) is 20.2 Å². The van der Waals surface area contributed by atoms with E-state index in [2.05, 4.69) is 5.32 Å². The van der Waals surface area contributed by atoms with E-state index in [1.807, 2.05) is 62.5 Å². The summed E-state index contributed by atoms with van der Waals surface area (Å²) >= 11 is 1.40. The van der Waals surface area contributed by atoms with Crippen LogP contribution in [0.5, 0.6) is 5.75 Å². The average molecular weight is 668 g/mol. The summed E-state index contributed by atoms with van der Waals surface area (Å²) in [6.07, 6.45) is 1.21. The zero-order valence-corrected chi connectivity index (χ0v) is 28.6. The van der Waals surface area contributed by atoms with Crippen LogP contribution in [0.25, 0.3) is 43.0 Å². The highest BCUT2D eigenvalue weighted by atomic mass is 32.1. The molecular formula is C38H38FN3O5S. The van der Waals surface area contributed by atoms with E-state index in [0.29, 0.717) is 27.8 Å². The number of nitrogens with one attached hydrogen (secondary N) is 2. The molecule has 0 saturated heterocycles. The van der Waals surface area contributed by atoms with Crippen molar-refractivity contribution in [3.8, 4) is 38.6 Å². The first-order valence-corrected chi connectivity index (χ1v) is 16.3. The third-order valence-electron chi connectivity index (χ3n) is 7.88. The van der Waals surface area contributed by atoms with Gasteiger partial charge in [-0.25, -0.2) is 9.37 Å². The molecule has 248 valence electrons. The van der Waals surface area contributed by atoms with Crippen molar-refractivity contribution >= 4 is 45.2 Å². The number of fused-ring (bicyclic) bond motifs is 2. The number of aliphatic hydroxyl groups is 1. The van der Waals surface area contributed by atoms with E-state index >= 15 is 4.39 Å². The second-order valence-electron chi connectivity index (χ2n) is 12.7. The van der Waals surface area contributed by atoms with Crippen LogP contribution in [0.1, 0.15) is 59.8 Å². The maximum atomic E-state index is 15.4. The number of rotatable bonds is 7. The summed E-state index contributed by atoms with van der Waals surface area (Å²) in [4.78, 5) is 29.8. The number of carbonyl (C=O) groups is 2. The molecule has 1 aromatic heterocycles. The monoisotopic (exact) mass is 667 g/mol. The minimum Gasteiger partial charge on any atom is -0.489 e. The highest BCUT2D eigenvalue weighted by molar-refractivity contribution is 7.22. The highest BCUT2D eigenvalue weighted by Gasteiger charge is 2.29. The number of nitrogens with zero attached hydrogens (tertiary/aromatic N) is 1. The molecule has 0 amide bonds. The van der Waals surface area contributed by atoms with Crippen molar-refractivity contribution < 1.29 is 28.9 Å². The van der Waals surface area contributed by atoms with Gasteiger partial charge in [-0.15, -0.1) is 11.3 Å². The number of halogens is 1. The number of benzene rings is 4. The number of hydrogen-bond donors (Lipinski definition) is 4. The van der Waals surface area contributed by atoms with E-state index in [0.717, 1.165) is 43.2 Å². The molecule has 6 rings (SSSR count). The fourth-order valence-electron chi connectivity index (χ4n) is 5.78. The summed E-state index contributed by atoms with van der Waals surface area (Å²) in [7, 11) is 1.82. The van der Waals surface area contributed by atoms with Crippen molar-refractivity contribution in [1.29, 1.82) is 5.41 Å². The Labute approximate surface area is 282 Å². The molecule has 48 heavy (non-hydrogen) atoms. The lowest BCUT2D eigenvalue weighted by Gasteiger charge is -2.22. The van der Waals surface area contributed by atoms with Gasteiger partial charge in [-0.2, -0.15) is 0 Å². The Morgan fingerprint density at radius 2 is 1.77 bits per heavy atom. The lowest BCUT2D eigenvalue weighted by atomic mass is 9.87. The smallest absolute Gasteiger partial charge is 0.307 e. The minimum atomic E-state index is -1.01. The number of ketones is 1. The molecule has 0 saturated carbocycles. The Balaban J connectivity index is 0.000000840. The van der Waals surface area contributed by atoms with Crippen LogP contribution in [0.2, 0.25) is 0 Å². The van der Waals surface area contributed by atoms with Gasteiger partial charge < -0.3 is 25.7 Å². The Hall–Kier alpha value is -4.93. The summed E-state index contributed by atoms with van der Waals surface area (Å²) in [6, 6.07) is 17.0. The fourth-order valence-corrected chi connectivity index (χ4v) is 6.90. The molecular weight excluding hydrogens is 629 g/mol. The third kappa shape index (κ3) is 7.14. The van der Waals surface area contributed by atoms with Crippen molar-refractivity contribution in [2.24, 2.45) is 0 Å². The fraction of sp³-hybridized carbons (Fsp3) is 0.263. The summed E-state index contributed by atoms with van der Waals surface area (Å²) in [5, 5.41) is 29.9. The molecule has 2 heterocycles. The number of aryl methyl sites for hydroxylation is 1. The van der Waals surface area contributed by atoms with Crippen LogP contribution in [-0.2, 0) is 11.2 Å². The van der Waals surface area contributed by atoms with Crippen LogP contribution >= 0.6 is 11.3 Å². The second kappa shape index (κ2) is 13.7. The summed E-state index contributed by atoms with van der Waals surface area (Å²) < 4.78 is 21.7. The second-order valence-corrected chi connectivity index (χ2v) is 13.7. The zero-order valence-electron chi connectivity index (χ0n) is 27.7. The SMILES string of the molecule is CC(C)(C)O.CNc1ccc(-c2cccc(-c3nc4cc(C)c(CC(=O)O)c(-c5cc(F)c6c(c5C)C(=O)CCO6)c4s3)c2)cc1C=N. The maximum Gasteiger partial charge on any atom is 0.307 e. The van der Waals surface area contributed by atoms with Crippen molar-refractivity contribution in [2.45, 2.75) is 53.1 Å². The molecule has 0 atom stereocenters. The maximum absolute atomic E-state index is 15.4. The number of hydrogen-bond acceptors (Lipinski definition) is 8. The normalized spacial score (nSPS) is 12.5. The largest absolute Gasteiger partial charge is 0.489 e. The molecule has 0 radical (unpaired) electrons. The highest BCUT2D eigenvalue weighted by Crippen LogP contribution is 2.45. The predicted octanol–water partition coefficient (Wildman–Crippen LogP) is 8.46. The van der Waals surface area contributed by atoms with Gasteiger partial charge in [0.05, 0.1) is 34.4 Å². The summed E-state index contributed by atoms with van der Waals surface area (Å²) in [5.41, 5.74) is 7.66. The lowest BCUT2D eigenvalue weighted by molar-refractivity contribution is -0.136. The topological polar surface area (TPSA) is 133 Å². The van der Waals surface area contributed by atoms with Crippen LogP contribution in [0, 0.1) is 25.1 Å².